The Hall–Kier alpha value is -0.430. The van der Waals surface area contributed by atoms with Gasteiger partial charge in [-0.05, 0) is 37.6 Å². The molecule has 1 aromatic rings. The molecule has 18 heavy (non-hydrogen) atoms. The highest BCUT2D eigenvalue weighted by atomic mass is 79.9. The summed E-state index contributed by atoms with van der Waals surface area (Å²) in [5.74, 6) is 0. The molecule has 0 saturated carbocycles. The normalized spacial score (nSPS) is 22.1. The van der Waals surface area contributed by atoms with Crippen molar-refractivity contribution in [2.45, 2.75) is 24.8 Å². The molecule has 2 rings (SSSR count). The summed E-state index contributed by atoms with van der Waals surface area (Å²) in [6, 6.07) is 4.98. The van der Waals surface area contributed by atoms with Gasteiger partial charge in [0.25, 0.3) is 0 Å². The van der Waals surface area contributed by atoms with E-state index in [1.54, 1.807) is 18.2 Å². The highest BCUT2D eigenvalue weighted by Gasteiger charge is 2.31. The summed E-state index contributed by atoms with van der Waals surface area (Å²) in [6.45, 7) is 5.07. The zero-order chi connectivity index (χ0) is 13.3. The van der Waals surface area contributed by atoms with Crippen LogP contribution in [0.25, 0.3) is 0 Å². The van der Waals surface area contributed by atoms with Gasteiger partial charge in [0.1, 0.15) is 0 Å². The lowest BCUT2D eigenvalue weighted by molar-refractivity contribution is 0.0393. The standard InChI is InChI=1S/C12H16BrNO3S/c1-9-7-11(3-4-12(9)13)18(15,16)14-5-6-17-8-10(14)2/h3-4,7,10H,5-6,8H2,1-2H3. The smallest absolute Gasteiger partial charge is 0.243 e. The summed E-state index contributed by atoms with van der Waals surface area (Å²) in [4.78, 5) is 0.344. The molecule has 6 heteroatoms. The molecule has 0 radical (unpaired) electrons. The van der Waals surface area contributed by atoms with Crippen molar-refractivity contribution in [1.82, 2.24) is 4.31 Å². The first-order valence-corrected chi connectivity index (χ1v) is 8.02. The van der Waals surface area contributed by atoms with Gasteiger partial charge >= 0.3 is 0 Å². The van der Waals surface area contributed by atoms with Crippen molar-refractivity contribution in [1.29, 1.82) is 0 Å². The van der Waals surface area contributed by atoms with E-state index < -0.39 is 10.0 Å². The van der Waals surface area contributed by atoms with Gasteiger partial charge in [-0.25, -0.2) is 8.42 Å². The third-order valence-electron chi connectivity index (χ3n) is 3.04. The Morgan fingerprint density at radius 2 is 2.17 bits per heavy atom. The molecule has 1 heterocycles. The molecule has 1 atom stereocenters. The molecule has 0 amide bonds. The molecule has 0 aliphatic carbocycles. The van der Waals surface area contributed by atoms with Crippen LogP contribution in [0.15, 0.2) is 27.6 Å². The van der Waals surface area contributed by atoms with Crippen molar-refractivity contribution in [3.8, 4) is 0 Å². The zero-order valence-corrected chi connectivity index (χ0v) is 12.8. The van der Waals surface area contributed by atoms with Crippen molar-refractivity contribution in [2.24, 2.45) is 0 Å². The third-order valence-corrected chi connectivity index (χ3v) is 5.94. The quantitative estimate of drug-likeness (QED) is 0.833. The Morgan fingerprint density at radius 1 is 1.44 bits per heavy atom. The van der Waals surface area contributed by atoms with Gasteiger partial charge in [-0.1, -0.05) is 15.9 Å². The average Bonchev–Trinajstić information content (AvgIpc) is 2.33. The summed E-state index contributed by atoms with van der Waals surface area (Å²) in [7, 11) is -3.42. The number of rotatable bonds is 2. The Morgan fingerprint density at radius 3 is 2.78 bits per heavy atom. The van der Waals surface area contributed by atoms with Crippen molar-refractivity contribution in [2.75, 3.05) is 19.8 Å². The number of sulfonamides is 1. The van der Waals surface area contributed by atoms with Crippen LogP contribution in [0, 0.1) is 6.92 Å². The van der Waals surface area contributed by atoms with Crippen molar-refractivity contribution in [3.05, 3.63) is 28.2 Å². The van der Waals surface area contributed by atoms with E-state index in [4.69, 9.17) is 4.74 Å². The summed E-state index contributed by atoms with van der Waals surface area (Å²) in [5, 5.41) is 0. The average molecular weight is 334 g/mol. The first kappa shape index (κ1) is 14.0. The molecule has 1 saturated heterocycles. The van der Waals surface area contributed by atoms with Crippen LogP contribution in [-0.2, 0) is 14.8 Å². The topological polar surface area (TPSA) is 46.6 Å². The van der Waals surface area contributed by atoms with E-state index in [0.29, 0.717) is 24.7 Å². The van der Waals surface area contributed by atoms with Crippen LogP contribution in [0.5, 0.6) is 0 Å². The Bertz CT molecular complexity index is 544. The minimum atomic E-state index is -3.42. The maximum atomic E-state index is 12.5. The second-order valence-electron chi connectivity index (χ2n) is 4.45. The minimum absolute atomic E-state index is 0.118. The lowest BCUT2D eigenvalue weighted by atomic mass is 10.2. The van der Waals surface area contributed by atoms with E-state index in [-0.39, 0.29) is 6.04 Å². The van der Waals surface area contributed by atoms with Gasteiger partial charge in [0, 0.05) is 17.1 Å². The van der Waals surface area contributed by atoms with Gasteiger partial charge < -0.3 is 4.74 Å². The van der Waals surface area contributed by atoms with E-state index in [2.05, 4.69) is 15.9 Å². The number of hydrogen-bond acceptors (Lipinski definition) is 3. The fraction of sp³-hybridized carbons (Fsp3) is 0.500. The number of hydrogen-bond donors (Lipinski definition) is 0. The molecule has 1 aromatic carbocycles. The molecule has 1 aliphatic heterocycles. The van der Waals surface area contributed by atoms with Crippen LogP contribution >= 0.6 is 15.9 Å². The van der Waals surface area contributed by atoms with Crippen LogP contribution < -0.4 is 0 Å². The largest absolute Gasteiger partial charge is 0.378 e. The molecule has 100 valence electrons. The van der Waals surface area contributed by atoms with E-state index in [0.717, 1.165) is 10.0 Å². The molecule has 0 bridgehead atoms. The van der Waals surface area contributed by atoms with E-state index in [9.17, 15) is 8.42 Å². The number of halogens is 1. The van der Waals surface area contributed by atoms with Crippen LogP contribution in [0.4, 0.5) is 0 Å². The SMILES string of the molecule is Cc1cc(S(=O)(=O)N2CCOCC2C)ccc1Br. The second-order valence-corrected chi connectivity index (χ2v) is 7.20. The van der Waals surface area contributed by atoms with Gasteiger partial charge in [0.2, 0.25) is 10.0 Å². The van der Waals surface area contributed by atoms with Gasteiger partial charge in [-0.3, -0.25) is 0 Å². The fourth-order valence-corrected chi connectivity index (χ4v) is 3.91. The van der Waals surface area contributed by atoms with Crippen LogP contribution in [-0.4, -0.2) is 38.5 Å². The fourth-order valence-electron chi connectivity index (χ4n) is 1.98. The molecule has 0 spiro atoms. The molecule has 4 nitrogen and oxygen atoms in total. The monoisotopic (exact) mass is 333 g/mol. The Balaban J connectivity index is 2.37. The number of aryl methyl sites for hydroxylation is 1. The van der Waals surface area contributed by atoms with E-state index in [1.807, 2.05) is 13.8 Å². The number of ether oxygens (including phenoxy) is 1. The second kappa shape index (κ2) is 5.28. The van der Waals surface area contributed by atoms with Gasteiger partial charge in [0.05, 0.1) is 18.1 Å². The summed E-state index contributed by atoms with van der Waals surface area (Å²) < 4.78 is 32.7. The summed E-state index contributed by atoms with van der Waals surface area (Å²) in [5.41, 5.74) is 0.914. The van der Waals surface area contributed by atoms with Gasteiger partial charge in [-0.15, -0.1) is 0 Å². The Kier molecular flexibility index (Phi) is 4.11. The van der Waals surface area contributed by atoms with Crippen LogP contribution in [0.3, 0.4) is 0 Å². The van der Waals surface area contributed by atoms with Crippen LogP contribution in [0.2, 0.25) is 0 Å². The molecule has 1 unspecified atom stereocenters. The highest BCUT2D eigenvalue weighted by Crippen LogP contribution is 2.24. The molecule has 0 N–H and O–H groups in total. The maximum Gasteiger partial charge on any atom is 0.243 e. The van der Waals surface area contributed by atoms with Crippen molar-refractivity contribution < 1.29 is 13.2 Å². The number of benzene rings is 1. The summed E-state index contributed by atoms with van der Waals surface area (Å²) in [6.07, 6.45) is 0. The molecule has 0 aromatic heterocycles. The molecular formula is C12H16BrNO3S. The number of nitrogens with zero attached hydrogens (tertiary/aromatic N) is 1. The Labute approximate surface area is 116 Å². The summed E-state index contributed by atoms with van der Waals surface area (Å²) >= 11 is 3.38. The molecule has 1 fully saturated rings. The third kappa shape index (κ3) is 2.61. The predicted molar refractivity (Wildman–Crippen MR) is 73.1 cm³/mol. The maximum absolute atomic E-state index is 12.5. The first-order chi connectivity index (χ1) is 8.43. The molecular weight excluding hydrogens is 318 g/mol. The van der Waals surface area contributed by atoms with Gasteiger partial charge in [-0.2, -0.15) is 4.31 Å². The molecule has 1 aliphatic rings. The van der Waals surface area contributed by atoms with Crippen molar-refractivity contribution >= 4 is 26.0 Å². The van der Waals surface area contributed by atoms with Crippen LogP contribution in [0.1, 0.15) is 12.5 Å². The lowest BCUT2D eigenvalue weighted by Gasteiger charge is -2.32. The minimum Gasteiger partial charge on any atom is -0.378 e. The van der Waals surface area contributed by atoms with Crippen molar-refractivity contribution in [3.63, 3.8) is 0 Å². The van der Waals surface area contributed by atoms with E-state index in [1.165, 1.54) is 4.31 Å². The lowest BCUT2D eigenvalue weighted by Crippen LogP contribution is -2.46. The zero-order valence-electron chi connectivity index (χ0n) is 10.4. The first-order valence-electron chi connectivity index (χ1n) is 5.78. The van der Waals surface area contributed by atoms with Gasteiger partial charge in [0.15, 0.2) is 0 Å². The predicted octanol–water partition coefficient (Wildman–Crippen LogP) is 2.17. The van der Waals surface area contributed by atoms with E-state index >= 15 is 0 Å². The highest BCUT2D eigenvalue weighted by molar-refractivity contribution is 9.10. The number of morpholine rings is 1.